The summed E-state index contributed by atoms with van der Waals surface area (Å²) in [7, 11) is 0. The first-order valence-corrected chi connectivity index (χ1v) is 9.80. The Balaban J connectivity index is 0.00000364. The number of hydrogen-bond acceptors (Lipinski definition) is 3. The zero-order chi connectivity index (χ0) is 18.9. The van der Waals surface area contributed by atoms with E-state index in [0.29, 0.717) is 18.2 Å². The topological polar surface area (TPSA) is 74.6 Å². The van der Waals surface area contributed by atoms with Crippen molar-refractivity contribution in [1.82, 2.24) is 25.3 Å². The number of guanidine groups is 1. The van der Waals surface area contributed by atoms with E-state index < -0.39 is 0 Å². The van der Waals surface area contributed by atoms with Crippen LogP contribution in [0, 0.1) is 19.8 Å². The van der Waals surface area contributed by atoms with E-state index in [2.05, 4.69) is 47.3 Å². The molecule has 1 aromatic rings. The standard InChI is InChI=1S/C19H34N6O.HI/c1-5-20-19(21-9-7-11-24-10-6-8-18(24)26)22-13-15(2)14-25-17(4)12-16(3)23-25;/h12,15H,5-11,13-14H2,1-4H3,(H2,20,21,22);1H. The molecule has 27 heavy (non-hydrogen) atoms. The van der Waals surface area contributed by atoms with E-state index in [4.69, 9.17) is 4.99 Å². The van der Waals surface area contributed by atoms with E-state index in [9.17, 15) is 4.79 Å². The van der Waals surface area contributed by atoms with Gasteiger partial charge in [0, 0.05) is 51.4 Å². The zero-order valence-electron chi connectivity index (χ0n) is 17.1. The summed E-state index contributed by atoms with van der Waals surface area (Å²) in [4.78, 5) is 18.3. The van der Waals surface area contributed by atoms with Crippen LogP contribution in [0.3, 0.4) is 0 Å². The van der Waals surface area contributed by atoms with E-state index in [1.165, 1.54) is 5.69 Å². The van der Waals surface area contributed by atoms with Crippen LogP contribution in [0.4, 0.5) is 0 Å². The number of carbonyl (C=O) groups excluding carboxylic acids is 1. The van der Waals surface area contributed by atoms with Gasteiger partial charge in [-0.3, -0.25) is 14.5 Å². The number of nitrogens with zero attached hydrogens (tertiary/aromatic N) is 4. The fourth-order valence-electron chi connectivity index (χ4n) is 3.22. The van der Waals surface area contributed by atoms with Crippen LogP contribution >= 0.6 is 24.0 Å². The maximum absolute atomic E-state index is 11.6. The molecule has 1 aromatic heterocycles. The number of likely N-dealkylation sites (tertiary alicyclic amines) is 1. The average molecular weight is 490 g/mol. The third kappa shape index (κ3) is 8.06. The van der Waals surface area contributed by atoms with Gasteiger partial charge in [-0.2, -0.15) is 5.10 Å². The van der Waals surface area contributed by atoms with Gasteiger partial charge in [0.1, 0.15) is 0 Å². The molecule has 1 aliphatic heterocycles. The Morgan fingerprint density at radius 1 is 1.37 bits per heavy atom. The monoisotopic (exact) mass is 490 g/mol. The lowest BCUT2D eigenvalue weighted by Gasteiger charge is -2.17. The number of aliphatic imine (C=N–C) groups is 1. The van der Waals surface area contributed by atoms with Crippen LogP contribution in [-0.2, 0) is 11.3 Å². The number of rotatable bonds is 9. The van der Waals surface area contributed by atoms with Crippen molar-refractivity contribution < 1.29 is 4.79 Å². The molecule has 7 nitrogen and oxygen atoms in total. The summed E-state index contributed by atoms with van der Waals surface area (Å²) in [5, 5.41) is 11.2. The van der Waals surface area contributed by atoms with Crippen molar-refractivity contribution in [3.05, 3.63) is 17.5 Å². The molecule has 0 bridgehead atoms. The van der Waals surface area contributed by atoms with Gasteiger partial charge in [-0.25, -0.2) is 0 Å². The molecule has 1 saturated heterocycles. The summed E-state index contributed by atoms with van der Waals surface area (Å²) in [5.41, 5.74) is 2.25. The predicted octanol–water partition coefficient (Wildman–Crippen LogP) is 2.32. The van der Waals surface area contributed by atoms with Gasteiger partial charge in [0.25, 0.3) is 0 Å². The first-order valence-electron chi connectivity index (χ1n) is 9.80. The van der Waals surface area contributed by atoms with Gasteiger partial charge in [-0.05, 0) is 45.6 Å². The van der Waals surface area contributed by atoms with E-state index in [-0.39, 0.29) is 24.0 Å². The molecule has 1 amide bonds. The summed E-state index contributed by atoms with van der Waals surface area (Å²) in [6.45, 7) is 13.4. The van der Waals surface area contributed by atoms with E-state index in [1.807, 2.05) is 11.8 Å². The first-order chi connectivity index (χ1) is 12.5. The average Bonchev–Trinajstić information content (AvgIpc) is 3.14. The second kappa shape index (κ2) is 12.2. The van der Waals surface area contributed by atoms with Gasteiger partial charge in [-0.15, -0.1) is 24.0 Å². The van der Waals surface area contributed by atoms with Gasteiger partial charge in [0.15, 0.2) is 5.96 Å². The molecule has 1 fully saturated rings. The maximum Gasteiger partial charge on any atom is 0.222 e. The highest BCUT2D eigenvalue weighted by molar-refractivity contribution is 14.0. The number of aryl methyl sites for hydroxylation is 2. The lowest BCUT2D eigenvalue weighted by Crippen LogP contribution is -2.39. The van der Waals surface area contributed by atoms with Crippen molar-refractivity contribution in [1.29, 1.82) is 0 Å². The SMILES string of the molecule is CCNC(=NCC(C)Cn1nc(C)cc1C)NCCCN1CCCC1=O.I. The molecule has 0 radical (unpaired) electrons. The molecule has 2 heterocycles. The number of amides is 1. The molecule has 8 heteroatoms. The van der Waals surface area contributed by atoms with Crippen LogP contribution in [0.2, 0.25) is 0 Å². The molecule has 0 aromatic carbocycles. The Hall–Kier alpha value is -1.32. The summed E-state index contributed by atoms with van der Waals surface area (Å²) in [5.74, 6) is 1.55. The van der Waals surface area contributed by atoms with Crippen LogP contribution in [0.1, 0.15) is 44.5 Å². The summed E-state index contributed by atoms with van der Waals surface area (Å²) in [6, 6.07) is 2.10. The third-order valence-corrected chi connectivity index (χ3v) is 4.56. The largest absolute Gasteiger partial charge is 0.357 e. The predicted molar refractivity (Wildman–Crippen MR) is 121 cm³/mol. The summed E-state index contributed by atoms with van der Waals surface area (Å²) < 4.78 is 2.06. The van der Waals surface area contributed by atoms with E-state index in [1.54, 1.807) is 0 Å². The molecular weight excluding hydrogens is 455 g/mol. The minimum atomic E-state index is 0. The van der Waals surface area contributed by atoms with Crippen molar-refractivity contribution in [2.45, 2.75) is 53.5 Å². The van der Waals surface area contributed by atoms with Crippen molar-refractivity contribution in [2.24, 2.45) is 10.9 Å². The van der Waals surface area contributed by atoms with Gasteiger partial charge >= 0.3 is 0 Å². The Morgan fingerprint density at radius 2 is 2.15 bits per heavy atom. The highest BCUT2D eigenvalue weighted by Gasteiger charge is 2.18. The van der Waals surface area contributed by atoms with Crippen LogP contribution in [0.5, 0.6) is 0 Å². The molecule has 2 rings (SSSR count). The van der Waals surface area contributed by atoms with Crippen molar-refractivity contribution in [3.8, 4) is 0 Å². The Labute approximate surface area is 180 Å². The van der Waals surface area contributed by atoms with Crippen LogP contribution in [-0.4, -0.2) is 59.3 Å². The van der Waals surface area contributed by atoms with Gasteiger partial charge < -0.3 is 15.5 Å². The molecule has 1 unspecified atom stereocenters. The lowest BCUT2D eigenvalue weighted by molar-refractivity contribution is -0.127. The summed E-state index contributed by atoms with van der Waals surface area (Å²) >= 11 is 0. The van der Waals surface area contributed by atoms with E-state index in [0.717, 1.165) is 63.8 Å². The quantitative estimate of drug-likeness (QED) is 0.241. The molecule has 1 atom stereocenters. The second-order valence-electron chi connectivity index (χ2n) is 7.20. The molecular formula is C19H35IN6O. The molecule has 1 aliphatic rings. The smallest absolute Gasteiger partial charge is 0.222 e. The normalized spacial score (nSPS) is 15.6. The number of nitrogens with one attached hydrogen (secondary N) is 2. The highest BCUT2D eigenvalue weighted by Crippen LogP contribution is 2.09. The van der Waals surface area contributed by atoms with Crippen molar-refractivity contribution in [3.63, 3.8) is 0 Å². The van der Waals surface area contributed by atoms with E-state index >= 15 is 0 Å². The molecule has 154 valence electrons. The van der Waals surface area contributed by atoms with Gasteiger partial charge in [-0.1, -0.05) is 6.92 Å². The fraction of sp³-hybridized carbons (Fsp3) is 0.737. The number of halogens is 1. The van der Waals surface area contributed by atoms with Gasteiger partial charge in [0.05, 0.1) is 5.69 Å². The second-order valence-corrected chi connectivity index (χ2v) is 7.20. The number of aromatic nitrogens is 2. The Kier molecular flexibility index (Phi) is 10.7. The number of hydrogen-bond donors (Lipinski definition) is 2. The van der Waals surface area contributed by atoms with Gasteiger partial charge in [0.2, 0.25) is 5.91 Å². The third-order valence-electron chi connectivity index (χ3n) is 4.56. The maximum atomic E-state index is 11.6. The minimum Gasteiger partial charge on any atom is -0.357 e. The van der Waals surface area contributed by atoms with Crippen molar-refractivity contribution in [2.75, 3.05) is 32.7 Å². The minimum absolute atomic E-state index is 0. The van der Waals surface area contributed by atoms with Crippen LogP contribution in [0.25, 0.3) is 0 Å². The zero-order valence-corrected chi connectivity index (χ0v) is 19.5. The highest BCUT2D eigenvalue weighted by atomic mass is 127. The number of carbonyl (C=O) groups is 1. The molecule has 0 aliphatic carbocycles. The fourth-order valence-corrected chi connectivity index (χ4v) is 3.22. The van der Waals surface area contributed by atoms with Crippen molar-refractivity contribution >= 4 is 35.8 Å². The molecule has 2 N–H and O–H groups in total. The van der Waals surface area contributed by atoms with Crippen LogP contribution < -0.4 is 10.6 Å². The Bertz CT molecular complexity index is 615. The molecule has 0 saturated carbocycles. The first kappa shape index (κ1) is 23.7. The van der Waals surface area contributed by atoms with Crippen LogP contribution in [0.15, 0.2) is 11.1 Å². The lowest BCUT2D eigenvalue weighted by atomic mass is 10.2. The molecule has 0 spiro atoms. The summed E-state index contributed by atoms with van der Waals surface area (Å²) in [6.07, 6.45) is 2.66. The Morgan fingerprint density at radius 3 is 2.74 bits per heavy atom.